The first-order chi connectivity index (χ1) is 18.8. The second kappa shape index (κ2) is 12.2. The van der Waals surface area contributed by atoms with Crippen LogP contribution in [-0.4, -0.2) is 71.7 Å². The van der Waals surface area contributed by atoms with Gasteiger partial charge in [-0.25, -0.2) is 4.39 Å². The van der Waals surface area contributed by atoms with Gasteiger partial charge in [0.25, 0.3) is 0 Å². The number of rotatable bonds is 11. The molecule has 1 aliphatic carbocycles. The number of hydrogen-bond donors (Lipinski definition) is 3. The van der Waals surface area contributed by atoms with Crippen molar-refractivity contribution in [2.75, 3.05) is 20.3 Å². The molecule has 39 heavy (non-hydrogen) atoms. The molecule has 206 valence electrons. The maximum Gasteiger partial charge on any atom is 0.247 e. The number of aliphatic hydroxyl groups is 2. The van der Waals surface area contributed by atoms with E-state index in [0.717, 1.165) is 0 Å². The van der Waals surface area contributed by atoms with Crippen LogP contribution in [0.25, 0.3) is 0 Å². The fourth-order valence-corrected chi connectivity index (χ4v) is 5.10. The lowest BCUT2D eigenvalue weighted by Crippen LogP contribution is -2.55. The van der Waals surface area contributed by atoms with Crippen LogP contribution in [0, 0.1) is 5.82 Å². The van der Waals surface area contributed by atoms with Crippen LogP contribution in [0.1, 0.15) is 40.2 Å². The van der Waals surface area contributed by atoms with Gasteiger partial charge in [-0.15, -0.1) is 6.58 Å². The SMILES string of the molecule is C=CCCC(=O)N(Cc1ccccc1F)[C@@H]1C=C(C(=O)NCCO)[C@@H]2c3cc(C=O)cc(OC)c3O[C@@H]2[C@H]1O. The summed E-state index contributed by atoms with van der Waals surface area (Å²) in [4.78, 5) is 39.7. The summed E-state index contributed by atoms with van der Waals surface area (Å²) in [6, 6.07) is 8.03. The van der Waals surface area contributed by atoms with E-state index in [-0.39, 0.29) is 54.7 Å². The molecule has 0 unspecified atom stereocenters. The fourth-order valence-electron chi connectivity index (χ4n) is 5.10. The summed E-state index contributed by atoms with van der Waals surface area (Å²) in [6.07, 6.45) is 1.81. The molecule has 0 saturated carbocycles. The van der Waals surface area contributed by atoms with Gasteiger partial charge in [0, 0.05) is 41.8 Å². The van der Waals surface area contributed by atoms with E-state index in [0.29, 0.717) is 23.8 Å². The van der Waals surface area contributed by atoms with Crippen LogP contribution in [0.15, 0.2) is 60.7 Å². The molecule has 0 bridgehead atoms. The third kappa shape index (κ3) is 5.57. The molecule has 0 radical (unpaired) electrons. The minimum absolute atomic E-state index is 0.0244. The number of carbonyl (C=O) groups is 3. The number of carbonyl (C=O) groups excluding carboxylic acids is 3. The Labute approximate surface area is 225 Å². The monoisotopic (exact) mass is 538 g/mol. The van der Waals surface area contributed by atoms with Gasteiger partial charge in [-0.1, -0.05) is 24.3 Å². The first kappa shape index (κ1) is 28.0. The number of nitrogens with zero attached hydrogens (tertiary/aromatic N) is 1. The molecule has 0 spiro atoms. The van der Waals surface area contributed by atoms with E-state index in [1.807, 2.05) is 0 Å². The van der Waals surface area contributed by atoms with Gasteiger partial charge < -0.3 is 29.9 Å². The van der Waals surface area contributed by atoms with Crippen LogP contribution in [0.2, 0.25) is 0 Å². The lowest BCUT2D eigenvalue weighted by Gasteiger charge is -2.40. The molecule has 2 aromatic carbocycles. The molecule has 0 saturated heterocycles. The molecule has 1 heterocycles. The highest BCUT2D eigenvalue weighted by Gasteiger charge is 2.51. The summed E-state index contributed by atoms with van der Waals surface area (Å²) in [5.74, 6) is -1.68. The molecule has 3 N–H and O–H groups in total. The van der Waals surface area contributed by atoms with Crippen molar-refractivity contribution >= 4 is 18.1 Å². The zero-order chi connectivity index (χ0) is 28.1. The molecule has 0 fully saturated rings. The molecule has 1 aliphatic heterocycles. The molecule has 4 atom stereocenters. The lowest BCUT2D eigenvalue weighted by atomic mass is 9.77. The predicted molar refractivity (Wildman–Crippen MR) is 140 cm³/mol. The van der Waals surface area contributed by atoms with Gasteiger partial charge in [0.05, 0.1) is 25.7 Å². The van der Waals surface area contributed by atoms with E-state index in [1.165, 1.54) is 36.3 Å². The quantitative estimate of drug-likeness (QED) is 0.296. The second-order valence-electron chi connectivity index (χ2n) is 9.34. The normalized spacial score (nSPS) is 21.1. The molecular formula is C29H31FN2O7. The molecular weight excluding hydrogens is 507 g/mol. The Morgan fingerprint density at radius 1 is 1.28 bits per heavy atom. The molecule has 2 aromatic rings. The minimum Gasteiger partial charge on any atom is -0.493 e. The first-order valence-electron chi connectivity index (χ1n) is 12.6. The number of aliphatic hydroxyl groups excluding tert-OH is 2. The van der Waals surface area contributed by atoms with E-state index in [2.05, 4.69) is 11.9 Å². The van der Waals surface area contributed by atoms with Crippen molar-refractivity contribution < 1.29 is 38.5 Å². The van der Waals surface area contributed by atoms with Gasteiger partial charge in [-0.2, -0.15) is 0 Å². The molecule has 2 aliphatic rings. The Hall–Kier alpha value is -4.02. The average Bonchev–Trinajstić information content (AvgIpc) is 3.34. The number of aldehydes is 1. The van der Waals surface area contributed by atoms with E-state index < -0.39 is 35.9 Å². The second-order valence-corrected chi connectivity index (χ2v) is 9.34. The standard InChI is InChI=1S/C29H31FN2O7/c1-3-4-9-24(35)32(15-18-7-5-6-8-21(18)30)22-14-20(29(37)31-10-11-33)25-19-12-17(16-34)13-23(38-2)27(19)39-28(25)26(22)36/h3,5-8,12-14,16,22,25-26,28,33,36H,1,4,9-11,15H2,2H3,(H,31,37)/t22-,25+,26+,28+/m1/s1. The lowest BCUT2D eigenvalue weighted by molar-refractivity contribution is -0.138. The third-order valence-electron chi connectivity index (χ3n) is 6.95. The highest BCUT2D eigenvalue weighted by molar-refractivity contribution is 5.96. The van der Waals surface area contributed by atoms with E-state index in [9.17, 15) is 29.0 Å². The van der Waals surface area contributed by atoms with Crippen LogP contribution >= 0.6 is 0 Å². The van der Waals surface area contributed by atoms with Crippen LogP contribution in [0.4, 0.5) is 4.39 Å². The van der Waals surface area contributed by atoms with Crippen molar-refractivity contribution in [3.05, 3.63) is 83.2 Å². The van der Waals surface area contributed by atoms with Crippen LogP contribution in [0.3, 0.4) is 0 Å². The highest BCUT2D eigenvalue weighted by Crippen LogP contribution is 2.51. The number of amides is 2. The zero-order valence-electron chi connectivity index (χ0n) is 21.5. The number of allylic oxidation sites excluding steroid dienone is 1. The smallest absolute Gasteiger partial charge is 0.247 e. The topological polar surface area (TPSA) is 125 Å². The van der Waals surface area contributed by atoms with Crippen molar-refractivity contribution in [1.82, 2.24) is 10.2 Å². The van der Waals surface area contributed by atoms with Crippen molar-refractivity contribution in [2.24, 2.45) is 0 Å². The summed E-state index contributed by atoms with van der Waals surface area (Å²) >= 11 is 0. The van der Waals surface area contributed by atoms with E-state index in [4.69, 9.17) is 9.47 Å². The minimum atomic E-state index is -1.32. The first-order valence-corrected chi connectivity index (χ1v) is 12.6. The van der Waals surface area contributed by atoms with Gasteiger partial charge in [-0.05, 0) is 30.7 Å². The van der Waals surface area contributed by atoms with Crippen LogP contribution < -0.4 is 14.8 Å². The highest BCUT2D eigenvalue weighted by atomic mass is 19.1. The summed E-state index contributed by atoms with van der Waals surface area (Å²) in [7, 11) is 1.41. The summed E-state index contributed by atoms with van der Waals surface area (Å²) in [5, 5.41) is 23.5. The summed E-state index contributed by atoms with van der Waals surface area (Å²) in [6.45, 7) is 3.18. The largest absolute Gasteiger partial charge is 0.493 e. The number of fused-ring (bicyclic) bond motifs is 3. The van der Waals surface area contributed by atoms with Gasteiger partial charge >= 0.3 is 0 Å². The Bertz CT molecular complexity index is 1290. The number of hydrogen-bond acceptors (Lipinski definition) is 7. The zero-order valence-corrected chi connectivity index (χ0v) is 21.5. The predicted octanol–water partition coefficient (Wildman–Crippen LogP) is 2.26. The number of ether oxygens (including phenoxy) is 2. The summed E-state index contributed by atoms with van der Waals surface area (Å²) in [5.41, 5.74) is 1.19. The van der Waals surface area contributed by atoms with E-state index in [1.54, 1.807) is 24.3 Å². The van der Waals surface area contributed by atoms with Gasteiger partial charge in [0.2, 0.25) is 11.8 Å². The molecule has 10 heteroatoms. The fraction of sp³-hybridized carbons (Fsp3) is 0.345. The number of benzene rings is 2. The van der Waals surface area contributed by atoms with Crippen LogP contribution in [-0.2, 0) is 16.1 Å². The van der Waals surface area contributed by atoms with Gasteiger partial charge in [0.15, 0.2) is 11.5 Å². The molecule has 2 amide bonds. The van der Waals surface area contributed by atoms with Crippen molar-refractivity contribution in [3.8, 4) is 11.5 Å². The number of halogens is 1. The van der Waals surface area contributed by atoms with Crippen molar-refractivity contribution in [1.29, 1.82) is 0 Å². The Morgan fingerprint density at radius 3 is 2.72 bits per heavy atom. The Balaban J connectivity index is 1.83. The summed E-state index contributed by atoms with van der Waals surface area (Å²) < 4.78 is 26.2. The maximum atomic E-state index is 14.6. The number of nitrogens with one attached hydrogen (secondary N) is 1. The van der Waals surface area contributed by atoms with Crippen molar-refractivity contribution in [3.63, 3.8) is 0 Å². The average molecular weight is 539 g/mol. The molecule has 9 nitrogen and oxygen atoms in total. The van der Waals surface area contributed by atoms with Gasteiger partial charge in [0.1, 0.15) is 24.3 Å². The maximum absolute atomic E-state index is 14.6. The van der Waals surface area contributed by atoms with Crippen molar-refractivity contribution in [2.45, 2.75) is 43.6 Å². The Kier molecular flexibility index (Phi) is 8.78. The van der Waals surface area contributed by atoms with E-state index >= 15 is 0 Å². The molecule has 4 rings (SSSR count). The molecule has 0 aromatic heterocycles. The van der Waals surface area contributed by atoms with Gasteiger partial charge in [-0.3, -0.25) is 14.4 Å². The Morgan fingerprint density at radius 2 is 2.05 bits per heavy atom. The van der Waals surface area contributed by atoms with Crippen LogP contribution in [0.5, 0.6) is 11.5 Å². The third-order valence-corrected chi connectivity index (χ3v) is 6.95. The number of methoxy groups -OCH3 is 1.